The van der Waals surface area contributed by atoms with Crippen molar-refractivity contribution in [3.05, 3.63) is 27.2 Å². The standard InChI is InChI=1S/C13H15Cl3N2O/c1-8-2-4-18(5-3-8)13(19)17-12-10(15)6-9(14)7-11(12)16/h6-8H,2-5H2,1H3,(H,17,19). The summed E-state index contributed by atoms with van der Waals surface area (Å²) in [7, 11) is 0. The maximum atomic E-state index is 12.1. The van der Waals surface area contributed by atoms with E-state index in [2.05, 4.69) is 12.2 Å². The molecule has 0 saturated carbocycles. The minimum absolute atomic E-state index is 0.168. The second-order valence-electron chi connectivity index (χ2n) is 4.84. The van der Waals surface area contributed by atoms with Crippen molar-refractivity contribution in [2.24, 2.45) is 5.92 Å². The van der Waals surface area contributed by atoms with Crippen molar-refractivity contribution in [1.82, 2.24) is 4.90 Å². The van der Waals surface area contributed by atoms with Crippen LogP contribution in [0, 0.1) is 5.92 Å². The van der Waals surface area contributed by atoms with Crippen LogP contribution in [0.5, 0.6) is 0 Å². The molecule has 0 bridgehead atoms. The number of hydrogen-bond donors (Lipinski definition) is 1. The minimum atomic E-state index is -0.168. The van der Waals surface area contributed by atoms with Crippen LogP contribution in [0.4, 0.5) is 10.5 Å². The highest BCUT2D eigenvalue weighted by Gasteiger charge is 2.21. The van der Waals surface area contributed by atoms with Gasteiger partial charge in [-0.25, -0.2) is 4.79 Å². The van der Waals surface area contributed by atoms with Crippen molar-refractivity contribution in [2.75, 3.05) is 18.4 Å². The highest BCUT2D eigenvalue weighted by atomic mass is 35.5. The van der Waals surface area contributed by atoms with E-state index in [-0.39, 0.29) is 6.03 Å². The molecule has 104 valence electrons. The summed E-state index contributed by atoms with van der Waals surface area (Å²) >= 11 is 17.9. The number of anilines is 1. The van der Waals surface area contributed by atoms with E-state index in [9.17, 15) is 4.79 Å². The first kappa shape index (κ1) is 14.8. The van der Waals surface area contributed by atoms with Crippen LogP contribution < -0.4 is 5.32 Å². The maximum absolute atomic E-state index is 12.1. The van der Waals surface area contributed by atoms with Crippen LogP contribution in [0.1, 0.15) is 19.8 Å². The van der Waals surface area contributed by atoms with Crippen LogP contribution in [-0.2, 0) is 0 Å². The van der Waals surface area contributed by atoms with Gasteiger partial charge in [0.05, 0.1) is 15.7 Å². The lowest BCUT2D eigenvalue weighted by atomic mass is 10.00. The van der Waals surface area contributed by atoms with Gasteiger partial charge in [-0.2, -0.15) is 0 Å². The van der Waals surface area contributed by atoms with E-state index in [0.717, 1.165) is 25.9 Å². The number of amides is 2. The third-order valence-corrected chi connectivity index (χ3v) is 4.12. The zero-order valence-electron chi connectivity index (χ0n) is 10.5. The average Bonchev–Trinajstić information content (AvgIpc) is 2.34. The lowest BCUT2D eigenvalue weighted by molar-refractivity contribution is 0.186. The van der Waals surface area contributed by atoms with Crippen LogP contribution in [0.3, 0.4) is 0 Å². The molecule has 0 spiro atoms. The second kappa shape index (κ2) is 6.21. The quantitative estimate of drug-likeness (QED) is 0.783. The Labute approximate surface area is 127 Å². The molecule has 1 aromatic carbocycles. The Hall–Kier alpha value is -0.640. The van der Waals surface area contributed by atoms with Gasteiger partial charge < -0.3 is 10.2 Å². The molecule has 0 aliphatic carbocycles. The van der Waals surface area contributed by atoms with E-state index in [1.54, 1.807) is 17.0 Å². The summed E-state index contributed by atoms with van der Waals surface area (Å²) in [5, 5.41) is 3.89. The molecule has 1 aliphatic heterocycles. The molecule has 1 aromatic rings. The number of benzene rings is 1. The van der Waals surface area contributed by atoms with E-state index < -0.39 is 0 Å². The van der Waals surface area contributed by atoms with Crippen molar-refractivity contribution in [1.29, 1.82) is 0 Å². The Morgan fingerprint density at radius 1 is 1.21 bits per heavy atom. The number of urea groups is 1. The van der Waals surface area contributed by atoms with Gasteiger partial charge in [-0.1, -0.05) is 41.7 Å². The summed E-state index contributed by atoms with van der Waals surface area (Å²) in [6.07, 6.45) is 2.05. The summed E-state index contributed by atoms with van der Waals surface area (Å²) in [4.78, 5) is 13.9. The first-order valence-electron chi connectivity index (χ1n) is 6.18. The highest BCUT2D eigenvalue weighted by molar-refractivity contribution is 6.42. The number of likely N-dealkylation sites (tertiary alicyclic amines) is 1. The number of halogens is 3. The third-order valence-electron chi connectivity index (χ3n) is 3.31. The molecule has 0 aromatic heterocycles. The summed E-state index contributed by atoms with van der Waals surface area (Å²) in [6, 6.07) is 2.95. The lowest BCUT2D eigenvalue weighted by Gasteiger charge is -2.30. The Bertz CT molecular complexity index is 462. The summed E-state index contributed by atoms with van der Waals surface area (Å²) in [5.41, 5.74) is 0.413. The first-order valence-corrected chi connectivity index (χ1v) is 7.31. The fourth-order valence-electron chi connectivity index (χ4n) is 2.06. The number of piperidine rings is 1. The van der Waals surface area contributed by atoms with Crippen molar-refractivity contribution in [3.8, 4) is 0 Å². The molecular weight excluding hydrogens is 307 g/mol. The largest absolute Gasteiger partial charge is 0.325 e. The van der Waals surface area contributed by atoms with E-state index in [4.69, 9.17) is 34.8 Å². The van der Waals surface area contributed by atoms with Gasteiger partial charge >= 0.3 is 6.03 Å². The van der Waals surface area contributed by atoms with E-state index in [1.807, 2.05) is 0 Å². The molecule has 0 atom stereocenters. The molecule has 1 N–H and O–H groups in total. The molecule has 1 fully saturated rings. The van der Waals surface area contributed by atoms with Crippen molar-refractivity contribution < 1.29 is 4.79 Å². The zero-order valence-corrected chi connectivity index (χ0v) is 12.8. The summed E-state index contributed by atoms with van der Waals surface area (Å²) in [5.74, 6) is 0.673. The molecule has 1 aliphatic rings. The molecule has 2 rings (SSSR count). The van der Waals surface area contributed by atoms with Crippen molar-refractivity contribution in [3.63, 3.8) is 0 Å². The van der Waals surface area contributed by atoms with Gasteiger partial charge in [0.25, 0.3) is 0 Å². The van der Waals surface area contributed by atoms with Crippen molar-refractivity contribution >= 4 is 46.5 Å². The number of carbonyl (C=O) groups excluding carboxylic acids is 1. The van der Waals surface area contributed by atoms with E-state index in [1.165, 1.54) is 0 Å². The van der Waals surface area contributed by atoms with Gasteiger partial charge in [-0.05, 0) is 30.9 Å². The summed E-state index contributed by atoms with van der Waals surface area (Å²) < 4.78 is 0. The van der Waals surface area contributed by atoms with Crippen molar-refractivity contribution in [2.45, 2.75) is 19.8 Å². The normalized spacial score (nSPS) is 16.5. The van der Waals surface area contributed by atoms with E-state index in [0.29, 0.717) is 26.7 Å². The van der Waals surface area contributed by atoms with Gasteiger partial charge in [0.2, 0.25) is 0 Å². The number of hydrogen-bond acceptors (Lipinski definition) is 1. The molecule has 1 saturated heterocycles. The topological polar surface area (TPSA) is 32.3 Å². The number of nitrogens with one attached hydrogen (secondary N) is 1. The summed E-state index contributed by atoms with van der Waals surface area (Å²) in [6.45, 7) is 3.72. The monoisotopic (exact) mass is 320 g/mol. The van der Waals surface area contributed by atoms with Crippen LogP contribution in [-0.4, -0.2) is 24.0 Å². The van der Waals surface area contributed by atoms with Gasteiger partial charge in [0.15, 0.2) is 0 Å². The smallest absolute Gasteiger partial charge is 0.321 e. The molecule has 0 radical (unpaired) electrons. The Morgan fingerprint density at radius 2 is 1.74 bits per heavy atom. The lowest BCUT2D eigenvalue weighted by Crippen LogP contribution is -2.40. The molecule has 1 heterocycles. The Balaban J connectivity index is 2.07. The molecule has 2 amide bonds. The number of rotatable bonds is 1. The van der Waals surface area contributed by atoms with Crippen LogP contribution in [0.2, 0.25) is 15.1 Å². The average molecular weight is 322 g/mol. The van der Waals surface area contributed by atoms with Crippen LogP contribution in [0.15, 0.2) is 12.1 Å². The van der Waals surface area contributed by atoms with Crippen LogP contribution in [0.25, 0.3) is 0 Å². The Kier molecular flexibility index (Phi) is 4.82. The SMILES string of the molecule is CC1CCN(C(=O)Nc2c(Cl)cc(Cl)cc2Cl)CC1. The zero-order chi connectivity index (χ0) is 14.0. The minimum Gasteiger partial charge on any atom is -0.325 e. The van der Waals surface area contributed by atoms with Crippen LogP contribution >= 0.6 is 34.8 Å². The fourth-order valence-corrected chi connectivity index (χ4v) is 2.97. The first-order chi connectivity index (χ1) is 8.97. The van der Waals surface area contributed by atoms with Gasteiger partial charge in [0, 0.05) is 18.1 Å². The van der Waals surface area contributed by atoms with Gasteiger partial charge in [0.1, 0.15) is 0 Å². The predicted molar refractivity (Wildman–Crippen MR) is 80.5 cm³/mol. The van der Waals surface area contributed by atoms with Gasteiger partial charge in [-0.15, -0.1) is 0 Å². The predicted octanol–water partition coefficient (Wildman–Crippen LogP) is 4.91. The maximum Gasteiger partial charge on any atom is 0.321 e. The molecule has 0 unspecified atom stereocenters. The van der Waals surface area contributed by atoms with E-state index >= 15 is 0 Å². The Morgan fingerprint density at radius 3 is 2.26 bits per heavy atom. The molecular formula is C13H15Cl3N2O. The van der Waals surface area contributed by atoms with Gasteiger partial charge in [-0.3, -0.25) is 0 Å². The third kappa shape index (κ3) is 3.68. The second-order valence-corrected chi connectivity index (χ2v) is 6.09. The number of nitrogens with zero attached hydrogens (tertiary/aromatic N) is 1. The highest BCUT2D eigenvalue weighted by Crippen LogP contribution is 2.34. The molecule has 6 heteroatoms. The number of carbonyl (C=O) groups is 1. The molecule has 19 heavy (non-hydrogen) atoms. The molecule has 3 nitrogen and oxygen atoms in total. The fraction of sp³-hybridized carbons (Fsp3) is 0.462.